The quantitative estimate of drug-likeness (QED) is 0.416. The number of nitrogens with one attached hydrogen (secondary N) is 1. The van der Waals surface area contributed by atoms with E-state index >= 15 is 0 Å². The number of alkyl halides is 3. The zero-order chi connectivity index (χ0) is 29.2. The molecule has 2 heterocycles. The van der Waals surface area contributed by atoms with E-state index in [9.17, 15) is 27.6 Å². The Hall–Kier alpha value is -3.67. The van der Waals surface area contributed by atoms with E-state index in [2.05, 4.69) is 5.32 Å². The number of rotatable bonds is 7. The number of carbonyl (C=O) groups is 2. The predicted octanol–water partition coefficient (Wildman–Crippen LogP) is 4.88. The molecule has 1 aliphatic rings. The molecule has 0 aliphatic carbocycles. The maximum absolute atomic E-state index is 13.7. The van der Waals surface area contributed by atoms with E-state index in [0.29, 0.717) is 27.4 Å². The van der Waals surface area contributed by atoms with Gasteiger partial charge in [0, 0.05) is 54.1 Å². The van der Waals surface area contributed by atoms with Gasteiger partial charge in [-0.3, -0.25) is 14.4 Å². The number of halogens is 4. The van der Waals surface area contributed by atoms with Crippen molar-refractivity contribution >= 4 is 29.1 Å². The third-order valence-electron chi connectivity index (χ3n) is 6.77. The van der Waals surface area contributed by atoms with E-state index in [0.717, 1.165) is 0 Å². The summed E-state index contributed by atoms with van der Waals surface area (Å²) in [6.07, 6.45) is -6.16. The molecule has 3 aromatic rings. The number of ether oxygens (including phenoxy) is 2. The largest absolute Gasteiger partial charge is 0.414 e. The number of hydrogen-bond donors (Lipinski definition) is 2. The molecule has 3 atom stereocenters. The summed E-state index contributed by atoms with van der Waals surface area (Å²) < 4.78 is 53.0. The van der Waals surface area contributed by atoms with E-state index in [-0.39, 0.29) is 17.5 Å². The Labute approximate surface area is 232 Å². The zero-order valence-electron chi connectivity index (χ0n) is 21.6. The third kappa shape index (κ3) is 6.55. The first-order chi connectivity index (χ1) is 18.9. The van der Waals surface area contributed by atoms with E-state index in [1.807, 2.05) is 0 Å². The van der Waals surface area contributed by atoms with Gasteiger partial charge >= 0.3 is 6.18 Å². The molecule has 1 aromatic heterocycles. The summed E-state index contributed by atoms with van der Waals surface area (Å²) in [4.78, 5) is 38.2. The van der Waals surface area contributed by atoms with Gasteiger partial charge in [-0.2, -0.15) is 13.2 Å². The number of nitrogens with two attached hydrogens (primary N) is 1. The van der Waals surface area contributed by atoms with Gasteiger partial charge in [-0.1, -0.05) is 17.7 Å². The van der Waals surface area contributed by atoms with Crippen LogP contribution in [0.5, 0.6) is 0 Å². The molecule has 0 bridgehead atoms. The van der Waals surface area contributed by atoms with E-state index < -0.39 is 54.8 Å². The Bertz CT molecular complexity index is 1470. The van der Waals surface area contributed by atoms with E-state index in [4.69, 9.17) is 26.8 Å². The van der Waals surface area contributed by atoms with Crippen LogP contribution in [-0.2, 0) is 27.3 Å². The SMILES string of the molecule is CO[C@@H](C)C[C@@H](C(=O)Nc1ccc(C(N)=O)cc1)n1cc2c(cc1=O)-c1cc(Cl)ccc1CC(C(F)(F)F)OC2. The van der Waals surface area contributed by atoms with Crippen LogP contribution < -0.4 is 16.6 Å². The van der Waals surface area contributed by atoms with Gasteiger partial charge in [0.15, 0.2) is 6.10 Å². The first-order valence-electron chi connectivity index (χ1n) is 12.3. The monoisotopic (exact) mass is 577 g/mol. The minimum absolute atomic E-state index is 0.0782. The standard InChI is InChI=1S/C28H27ClF3N3O5/c1-15(39-2)9-23(27(38)34-20-7-4-16(5-8-20)26(33)37)35-13-18-14-40-24(28(30,31)32)10-17-3-6-19(29)11-21(17)22(18)12-25(35)36/h3-8,11-13,15,23-24H,9-10,14H2,1-2H3,(H2,33,37)(H,34,38)/t15-,23-,24?/m0/s1. The van der Waals surface area contributed by atoms with Gasteiger partial charge in [0.05, 0.1) is 12.7 Å². The van der Waals surface area contributed by atoms with Gasteiger partial charge in [-0.25, -0.2) is 0 Å². The van der Waals surface area contributed by atoms with Crippen LogP contribution in [0.25, 0.3) is 11.1 Å². The smallest absolute Gasteiger partial charge is 0.382 e. The molecule has 40 heavy (non-hydrogen) atoms. The number of pyridine rings is 1. The fraction of sp³-hybridized carbons (Fsp3) is 0.321. The molecular formula is C28H27ClF3N3O5. The van der Waals surface area contributed by atoms with Gasteiger partial charge in [0.2, 0.25) is 11.8 Å². The average Bonchev–Trinajstić information content (AvgIpc) is 2.89. The Kier molecular flexibility index (Phi) is 8.67. The lowest BCUT2D eigenvalue weighted by Crippen LogP contribution is -2.37. The highest BCUT2D eigenvalue weighted by atomic mass is 35.5. The lowest BCUT2D eigenvalue weighted by Gasteiger charge is -2.28. The second-order valence-electron chi connectivity index (χ2n) is 9.53. The van der Waals surface area contributed by atoms with Gasteiger partial charge in [-0.15, -0.1) is 0 Å². The number of methoxy groups -OCH3 is 1. The van der Waals surface area contributed by atoms with Gasteiger partial charge in [0.25, 0.3) is 5.56 Å². The lowest BCUT2D eigenvalue weighted by atomic mass is 9.92. The summed E-state index contributed by atoms with van der Waals surface area (Å²) in [5.74, 6) is -1.20. The molecular weight excluding hydrogens is 551 g/mol. The molecule has 0 radical (unpaired) electrons. The topological polar surface area (TPSA) is 113 Å². The summed E-state index contributed by atoms with van der Waals surface area (Å²) in [5.41, 5.74) is 6.69. The number of anilines is 1. The first-order valence-corrected chi connectivity index (χ1v) is 12.7. The number of fused-ring (bicyclic) bond motifs is 3. The van der Waals surface area contributed by atoms with Crippen molar-refractivity contribution in [3.05, 3.63) is 86.8 Å². The maximum Gasteiger partial charge on any atom is 0.414 e. The van der Waals surface area contributed by atoms with Crippen molar-refractivity contribution in [3.8, 4) is 11.1 Å². The van der Waals surface area contributed by atoms with Crippen molar-refractivity contribution in [2.75, 3.05) is 12.4 Å². The van der Waals surface area contributed by atoms with Gasteiger partial charge in [-0.05, 0) is 60.0 Å². The Morgan fingerprint density at radius 3 is 2.45 bits per heavy atom. The highest BCUT2D eigenvalue weighted by Crippen LogP contribution is 2.36. The van der Waals surface area contributed by atoms with Gasteiger partial charge < -0.3 is 25.1 Å². The van der Waals surface area contributed by atoms with Crippen molar-refractivity contribution in [2.24, 2.45) is 5.73 Å². The van der Waals surface area contributed by atoms with Crippen LogP contribution >= 0.6 is 11.6 Å². The summed E-state index contributed by atoms with van der Waals surface area (Å²) >= 11 is 6.17. The van der Waals surface area contributed by atoms with Crippen LogP contribution in [0.4, 0.5) is 18.9 Å². The van der Waals surface area contributed by atoms with Gasteiger partial charge in [0.1, 0.15) is 6.04 Å². The van der Waals surface area contributed by atoms with Crippen LogP contribution in [0.2, 0.25) is 5.02 Å². The molecule has 1 unspecified atom stereocenters. The minimum Gasteiger partial charge on any atom is -0.382 e. The summed E-state index contributed by atoms with van der Waals surface area (Å²) in [7, 11) is 1.46. The summed E-state index contributed by atoms with van der Waals surface area (Å²) in [6, 6.07) is 10.5. The van der Waals surface area contributed by atoms with Crippen molar-refractivity contribution in [3.63, 3.8) is 0 Å². The van der Waals surface area contributed by atoms with Crippen LogP contribution in [0.1, 0.15) is 40.9 Å². The first kappa shape index (κ1) is 29.3. The van der Waals surface area contributed by atoms with Crippen molar-refractivity contribution in [2.45, 2.75) is 50.8 Å². The van der Waals surface area contributed by atoms with Crippen molar-refractivity contribution < 1.29 is 32.2 Å². The number of nitrogens with zero attached hydrogens (tertiary/aromatic N) is 1. The predicted molar refractivity (Wildman–Crippen MR) is 143 cm³/mol. The molecule has 0 saturated carbocycles. The van der Waals surface area contributed by atoms with Crippen molar-refractivity contribution in [1.82, 2.24) is 4.57 Å². The molecule has 12 heteroatoms. The average molecular weight is 578 g/mol. The number of hydrogen-bond acceptors (Lipinski definition) is 5. The summed E-state index contributed by atoms with van der Waals surface area (Å²) in [5, 5.41) is 3.01. The Morgan fingerprint density at radius 2 is 1.82 bits per heavy atom. The molecule has 3 N–H and O–H groups in total. The highest BCUT2D eigenvalue weighted by molar-refractivity contribution is 6.30. The van der Waals surface area contributed by atoms with Crippen LogP contribution in [0.15, 0.2) is 59.5 Å². The molecule has 2 aromatic carbocycles. The zero-order valence-corrected chi connectivity index (χ0v) is 22.4. The third-order valence-corrected chi connectivity index (χ3v) is 7.00. The summed E-state index contributed by atoms with van der Waals surface area (Å²) in [6.45, 7) is 1.27. The molecule has 0 fully saturated rings. The van der Waals surface area contributed by atoms with Crippen LogP contribution in [0.3, 0.4) is 0 Å². The van der Waals surface area contributed by atoms with Crippen LogP contribution in [0, 0.1) is 0 Å². The molecule has 1 aliphatic heterocycles. The maximum atomic E-state index is 13.7. The molecule has 0 saturated heterocycles. The number of benzene rings is 2. The number of aromatic nitrogens is 1. The molecule has 0 spiro atoms. The second-order valence-corrected chi connectivity index (χ2v) is 9.97. The number of primary amides is 1. The fourth-order valence-corrected chi connectivity index (χ4v) is 4.71. The lowest BCUT2D eigenvalue weighted by molar-refractivity contribution is -0.223. The number of carbonyl (C=O) groups excluding carboxylic acids is 2. The number of amides is 2. The minimum atomic E-state index is -4.62. The van der Waals surface area contributed by atoms with Crippen molar-refractivity contribution in [1.29, 1.82) is 0 Å². The normalized spacial score (nSPS) is 16.6. The van der Waals surface area contributed by atoms with E-state index in [1.165, 1.54) is 66.4 Å². The van der Waals surface area contributed by atoms with E-state index in [1.54, 1.807) is 6.92 Å². The second kappa shape index (κ2) is 11.8. The molecule has 2 amide bonds. The molecule has 212 valence electrons. The van der Waals surface area contributed by atoms with Crippen LogP contribution in [-0.4, -0.2) is 41.9 Å². The Morgan fingerprint density at radius 1 is 1.15 bits per heavy atom. The Balaban J connectivity index is 1.77. The molecule has 4 rings (SSSR count). The highest BCUT2D eigenvalue weighted by Gasteiger charge is 2.42. The fourth-order valence-electron chi connectivity index (χ4n) is 4.54. The molecule has 8 nitrogen and oxygen atoms in total.